The molecule has 0 saturated carbocycles. The Morgan fingerprint density at radius 1 is 1.14 bits per heavy atom. The van der Waals surface area contributed by atoms with Gasteiger partial charge in [0.25, 0.3) is 5.69 Å². The van der Waals surface area contributed by atoms with Crippen molar-refractivity contribution in [3.63, 3.8) is 0 Å². The topological polar surface area (TPSA) is 64.2 Å². The molecule has 0 aromatic heterocycles. The maximum Gasteiger partial charge on any atom is 0.269 e. The summed E-state index contributed by atoms with van der Waals surface area (Å²) in [5.41, 5.74) is 2.65. The molecule has 2 aromatic rings. The number of nitrogens with two attached hydrogens (primary N) is 1. The predicted octanol–water partition coefficient (Wildman–Crippen LogP) is 0.646. The van der Waals surface area contributed by atoms with Crippen LogP contribution in [-0.4, -0.2) is 18.0 Å². The van der Waals surface area contributed by atoms with Gasteiger partial charge in [-0.1, -0.05) is 30.3 Å². The molecule has 5 heteroatoms. The number of benzene rings is 2. The number of hydrogen-bond acceptors (Lipinski definition) is 2. The van der Waals surface area contributed by atoms with Crippen LogP contribution in [0.5, 0.6) is 0 Å². The minimum absolute atomic E-state index is 0.157. The lowest BCUT2D eigenvalue weighted by molar-refractivity contribution is -1.07. The van der Waals surface area contributed by atoms with E-state index in [2.05, 4.69) is 29.6 Å². The third-order valence-corrected chi connectivity index (χ3v) is 4.28. The fourth-order valence-corrected chi connectivity index (χ4v) is 3.17. The Morgan fingerprint density at radius 3 is 2.55 bits per heavy atom. The van der Waals surface area contributed by atoms with E-state index >= 15 is 0 Å². The zero-order chi connectivity index (χ0) is 15.4. The number of nitro groups is 1. The monoisotopic (exact) mass is 299 g/mol. The van der Waals surface area contributed by atoms with E-state index < -0.39 is 0 Å². The van der Waals surface area contributed by atoms with Crippen molar-refractivity contribution in [2.75, 3.05) is 13.1 Å². The molecule has 0 amide bonds. The quantitative estimate of drug-likeness (QED) is 0.643. The highest BCUT2D eigenvalue weighted by molar-refractivity contribution is 5.33. The van der Waals surface area contributed by atoms with Crippen LogP contribution in [0.1, 0.15) is 23.7 Å². The molecule has 0 spiro atoms. The van der Waals surface area contributed by atoms with Crippen LogP contribution in [0.25, 0.3) is 0 Å². The predicted molar refractivity (Wildman–Crippen MR) is 83.2 cm³/mol. The van der Waals surface area contributed by atoms with Crippen LogP contribution >= 0.6 is 0 Å². The number of nitrogens with one attached hydrogen (secondary N) is 1. The fraction of sp³-hybridized carbons (Fsp3) is 0.294. The number of hydrogen-bond donors (Lipinski definition) is 2. The smallest absolute Gasteiger partial charge is 0.269 e. The van der Waals surface area contributed by atoms with Crippen molar-refractivity contribution in [1.29, 1.82) is 0 Å². The summed E-state index contributed by atoms with van der Waals surface area (Å²) >= 11 is 0. The van der Waals surface area contributed by atoms with Crippen molar-refractivity contribution >= 4 is 5.69 Å². The zero-order valence-corrected chi connectivity index (χ0v) is 12.4. The first-order valence-corrected chi connectivity index (χ1v) is 7.70. The van der Waals surface area contributed by atoms with Crippen LogP contribution < -0.4 is 10.2 Å². The van der Waals surface area contributed by atoms with Crippen LogP contribution in [-0.2, 0) is 6.54 Å². The van der Waals surface area contributed by atoms with Crippen LogP contribution in [0.4, 0.5) is 5.69 Å². The van der Waals surface area contributed by atoms with Gasteiger partial charge in [0.2, 0.25) is 6.17 Å². The molecule has 3 rings (SSSR count). The molecule has 1 heterocycles. The number of nitrogens with zero attached hydrogens (tertiary/aromatic N) is 1. The lowest BCUT2D eigenvalue weighted by Crippen LogP contribution is -3.24. The molecule has 1 aliphatic heterocycles. The molecule has 5 nitrogen and oxygen atoms in total. The first-order chi connectivity index (χ1) is 10.7. The summed E-state index contributed by atoms with van der Waals surface area (Å²) < 4.78 is 0. The molecule has 1 fully saturated rings. The summed E-state index contributed by atoms with van der Waals surface area (Å²) in [6, 6.07) is 17.5. The Hall–Kier alpha value is -2.24. The Bertz CT molecular complexity index is 628. The molecule has 114 valence electrons. The highest BCUT2D eigenvalue weighted by atomic mass is 16.6. The van der Waals surface area contributed by atoms with Crippen LogP contribution in [0.3, 0.4) is 0 Å². The van der Waals surface area contributed by atoms with E-state index in [9.17, 15) is 10.1 Å². The molecular weight excluding hydrogens is 278 g/mol. The van der Waals surface area contributed by atoms with Crippen molar-refractivity contribution in [3.8, 4) is 0 Å². The second-order valence-electron chi connectivity index (χ2n) is 5.77. The molecule has 22 heavy (non-hydrogen) atoms. The average molecular weight is 299 g/mol. The van der Waals surface area contributed by atoms with Gasteiger partial charge >= 0.3 is 0 Å². The van der Waals surface area contributed by atoms with Gasteiger partial charge in [-0.05, 0) is 12.1 Å². The van der Waals surface area contributed by atoms with Crippen LogP contribution in [0, 0.1) is 10.1 Å². The number of rotatable bonds is 4. The molecule has 0 aliphatic carbocycles. The van der Waals surface area contributed by atoms with E-state index in [0.717, 1.165) is 25.2 Å². The third kappa shape index (κ3) is 3.32. The molecule has 0 radical (unpaired) electrons. The summed E-state index contributed by atoms with van der Waals surface area (Å²) in [6.07, 6.45) is 1.51. The molecule has 2 atom stereocenters. The van der Waals surface area contributed by atoms with Gasteiger partial charge in [0, 0.05) is 24.1 Å². The summed E-state index contributed by atoms with van der Waals surface area (Å²) in [5.74, 6) is 0. The normalized spacial score (nSPS) is 21.5. The number of nitro benzene ring substituents is 1. The van der Waals surface area contributed by atoms with Crippen molar-refractivity contribution < 1.29 is 15.1 Å². The summed E-state index contributed by atoms with van der Waals surface area (Å²) in [5, 5.41) is 13.1. The molecule has 1 aliphatic rings. The van der Waals surface area contributed by atoms with Crippen LogP contribution in [0.15, 0.2) is 54.6 Å². The van der Waals surface area contributed by atoms with Crippen molar-refractivity contribution in [2.24, 2.45) is 0 Å². The standard InChI is InChI=1S/C17H19N3O2/c21-20(22)16-9-7-15(8-10-16)17-18-11-4-12-19(17)13-14-5-2-1-3-6-14/h1-3,5-10,17-18H,4,11-13H2/p+2. The fourth-order valence-electron chi connectivity index (χ4n) is 3.17. The summed E-state index contributed by atoms with van der Waals surface area (Å²) in [4.78, 5) is 11.9. The third-order valence-electron chi connectivity index (χ3n) is 4.28. The van der Waals surface area contributed by atoms with E-state index in [1.807, 2.05) is 18.2 Å². The number of non-ortho nitro benzene ring substituents is 1. The molecule has 0 bridgehead atoms. The van der Waals surface area contributed by atoms with Gasteiger partial charge in [0.05, 0.1) is 23.6 Å². The summed E-state index contributed by atoms with van der Waals surface area (Å²) in [7, 11) is 0. The minimum atomic E-state index is -0.344. The van der Waals surface area contributed by atoms with Gasteiger partial charge in [-0.15, -0.1) is 0 Å². The number of quaternary nitrogens is 2. The first kappa shape index (κ1) is 14.7. The maximum absolute atomic E-state index is 10.8. The highest BCUT2D eigenvalue weighted by Gasteiger charge is 2.30. The van der Waals surface area contributed by atoms with Gasteiger partial charge in [-0.2, -0.15) is 0 Å². The maximum atomic E-state index is 10.8. The van der Waals surface area contributed by atoms with Crippen molar-refractivity contribution in [3.05, 3.63) is 75.8 Å². The molecule has 2 aromatic carbocycles. The second-order valence-corrected chi connectivity index (χ2v) is 5.77. The van der Waals surface area contributed by atoms with Gasteiger partial charge in [-0.25, -0.2) is 0 Å². The van der Waals surface area contributed by atoms with E-state index in [0.29, 0.717) is 6.17 Å². The zero-order valence-electron chi connectivity index (χ0n) is 12.4. The van der Waals surface area contributed by atoms with Crippen LogP contribution in [0.2, 0.25) is 0 Å². The second kappa shape index (κ2) is 6.68. The van der Waals surface area contributed by atoms with E-state index in [1.165, 1.54) is 16.9 Å². The Balaban J connectivity index is 1.78. The van der Waals surface area contributed by atoms with Gasteiger partial charge in [0.15, 0.2) is 0 Å². The highest BCUT2D eigenvalue weighted by Crippen LogP contribution is 2.14. The average Bonchev–Trinajstić information content (AvgIpc) is 2.56. The van der Waals surface area contributed by atoms with Crippen molar-refractivity contribution in [1.82, 2.24) is 0 Å². The van der Waals surface area contributed by atoms with E-state index in [1.54, 1.807) is 12.1 Å². The Labute approximate surface area is 129 Å². The molecule has 3 N–H and O–H groups in total. The lowest BCUT2D eigenvalue weighted by Gasteiger charge is -2.30. The van der Waals surface area contributed by atoms with Gasteiger partial charge in [-0.3, -0.25) is 20.3 Å². The molecule has 1 saturated heterocycles. The largest absolute Gasteiger partial charge is 0.293 e. The van der Waals surface area contributed by atoms with Gasteiger partial charge in [0.1, 0.15) is 6.54 Å². The molecule has 2 unspecified atom stereocenters. The van der Waals surface area contributed by atoms with Crippen molar-refractivity contribution in [2.45, 2.75) is 19.1 Å². The van der Waals surface area contributed by atoms with E-state index in [-0.39, 0.29) is 10.6 Å². The lowest BCUT2D eigenvalue weighted by atomic mass is 10.1. The Kier molecular flexibility index (Phi) is 4.46. The van der Waals surface area contributed by atoms with E-state index in [4.69, 9.17) is 0 Å². The van der Waals surface area contributed by atoms with Gasteiger partial charge < -0.3 is 0 Å². The molecular formula is C17H21N3O2+2. The Morgan fingerprint density at radius 2 is 1.86 bits per heavy atom. The minimum Gasteiger partial charge on any atom is -0.293 e. The SMILES string of the molecule is O=[N+]([O-])c1ccc(C2[NH2+]CCC[NH+]2Cc2ccccc2)cc1. The summed E-state index contributed by atoms with van der Waals surface area (Å²) in [6.45, 7) is 3.23. The first-order valence-electron chi connectivity index (χ1n) is 7.70.